The Balaban J connectivity index is 1.59. The first-order valence-electron chi connectivity index (χ1n) is 11.3. The maximum atomic E-state index is 15.9. The highest BCUT2D eigenvalue weighted by molar-refractivity contribution is 7.52. The van der Waals surface area contributed by atoms with Crippen molar-refractivity contribution in [3.05, 3.63) is 63.2 Å². The predicted octanol–water partition coefficient (Wildman–Crippen LogP) is 1.55. The molecule has 1 saturated heterocycles. The first-order chi connectivity index (χ1) is 17.2. The number of carbonyl (C=O) groups excluding carboxylic acids is 1. The molecule has 1 aliphatic carbocycles. The van der Waals surface area contributed by atoms with Gasteiger partial charge in [-0.25, -0.2) is 13.8 Å². The van der Waals surface area contributed by atoms with E-state index in [0.717, 1.165) is 6.92 Å². The van der Waals surface area contributed by atoms with E-state index < -0.39 is 72.6 Å². The van der Waals surface area contributed by atoms with E-state index >= 15 is 4.39 Å². The molecule has 7 atom stereocenters. The molecule has 2 aliphatic rings. The summed E-state index contributed by atoms with van der Waals surface area (Å²) in [6.07, 6.45) is -4.88. The number of aromatic nitrogens is 2. The minimum absolute atomic E-state index is 0.0811. The molecule has 4 rings (SSSR count). The van der Waals surface area contributed by atoms with Gasteiger partial charge in [0, 0.05) is 0 Å². The number of carbonyl (C=O) groups is 1. The number of aliphatic hydroxyl groups is 1. The molecule has 1 aromatic heterocycles. The molecule has 0 radical (unpaired) electrons. The lowest BCUT2D eigenvalue weighted by molar-refractivity contribution is -0.149. The molecule has 1 aliphatic heterocycles. The van der Waals surface area contributed by atoms with Gasteiger partial charge in [-0.05, 0) is 39.8 Å². The number of ether oxygens (including phenoxy) is 2. The van der Waals surface area contributed by atoms with Gasteiger partial charge in [0.05, 0.1) is 12.3 Å². The Morgan fingerprint density at radius 1 is 1.27 bits per heavy atom. The standard InChI is InChI=1S/C22H26F2N3O9P/c1-11(2)33-18(29)12(3)26-37(32,35-13-8-6-5-7-9-13)36-16-15-22(16,31)21(4,24)19(34-15)27-10-14(23)17(28)25-20(27)30/h5-12,15-16,19,31H,1-4H3,(H,26,32)(H,25,28,30)/t12-,15-,16?,19-,21+,22+,37?/m1/s1. The molecule has 0 bridgehead atoms. The van der Waals surface area contributed by atoms with Gasteiger partial charge in [-0.1, -0.05) is 18.2 Å². The number of alkyl halides is 1. The van der Waals surface area contributed by atoms with Crippen LogP contribution in [-0.2, 0) is 23.4 Å². The zero-order chi connectivity index (χ0) is 27.3. The van der Waals surface area contributed by atoms with Gasteiger partial charge < -0.3 is 19.1 Å². The molecule has 37 heavy (non-hydrogen) atoms. The number of nitrogens with zero attached hydrogens (tertiary/aromatic N) is 1. The Morgan fingerprint density at radius 3 is 2.49 bits per heavy atom. The first kappa shape index (κ1) is 27.1. The highest BCUT2D eigenvalue weighted by atomic mass is 31.2. The fraction of sp³-hybridized carbons (Fsp3) is 0.500. The van der Waals surface area contributed by atoms with E-state index in [1.165, 1.54) is 19.1 Å². The summed E-state index contributed by atoms with van der Waals surface area (Å²) in [7, 11) is -4.49. The Hall–Kier alpha value is -2.90. The molecule has 1 saturated carbocycles. The third kappa shape index (κ3) is 4.87. The van der Waals surface area contributed by atoms with Gasteiger partial charge in [0.2, 0.25) is 5.82 Å². The number of hydrogen-bond acceptors (Lipinski definition) is 9. The van der Waals surface area contributed by atoms with Crippen LogP contribution in [0.3, 0.4) is 0 Å². The number of fused-ring (bicyclic) bond motifs is 1. The van der Waals surface area contributed by atoms with Crippen LogP contribution >= 0.6 is 7.75 Å². The van der Waals surface area contributed by atoms with Gasteiger partial charge in [-0.2, -0.15) is 9.48 Å². The second-order valence-corrected chi connectivity index (χ2v) is 10.9. The minimum Gasteiger partial charge on any atom is -0.462 e. The monoisotopic (exact) mass is 545 g/mol. The van der Waals surface area contributed by atoms with Gasteiger partial charge in [0.15, 0.2) is 17.5 Å². The molecule has 2 aromatic rings. The van der Waals surface area contributed by atoms with Crippen molar-refractivity contribution >= 4 is 13.7 Å². The van der Waals surface area contributed by atoms with E-state index in [0.29, 0.717) is 10.8 Å². The van der Waals surface area contributed by atoms with E-state index in [2.05, 4.69) is 5.09 Å². The summed E-state index contributed by atoms with van der Waals surface area (Å²) in [6, 6.07) is 6.57. The van der Waals surface area contributed by atoms with Gasteiger partial charge >= 0.3 is 19.4 Å². The number of benzene rings is 1. The molecule has 2 unspecified atom stereocenters. The zero-order valence-electron chi connectivity index (χ0n) is 20.2. The van der Waals surface area contributed by atoms with Crippen LogP contribution in [0.4, 0.5) is 8.78 Å². The van der Waals surface area contributed by atoms with E-state index in [9.17, 15) is 28.4 Å². The van der Waals surface area contributed by atoms with Gasteiger partial charge in [0.1, 0.15) is 24.0 Å². The number of nitrogens with one attached hydrogen (secondary N) is 2. The Bertz CT molecular complexity index is 1350. The summed E-state index contributed by atoms with van der Waals surface area (Å²) in [5, 5.41) is 13.5. The second-order valence-electron chi connectivity index (χ2n) is 9.22. The summed E-state index contributed by atoms with van der Waals surface area (Å²) >= 11 is 0. The number of hydrogen-bond donors (Lipinski definition) is 3. The molecule has 15 heteroatoms. The lowest BCUT2D eigenvalue weighted by Crippen LogP contribution is -2.48. The number of rotatable bonds is 9. The van der Waals surface area contributed by atoms with Crippen LogP contribution in [-0.4, -0.2) is 56.3 Å². The topological polar surface area (TPSA) is 158 Å². The number of aromatic amines is 1. The van der Waals surface area contributed by atoms with E-state index in [1.807, 2.05) is 0 Å². The lowest BCUT2D eigenvalue weighted by atomic mass is 9.97. The van der Waals surface area contributed by atoms with Crippen LogP contribution in [0.15, 0.2) is 46.1 Å². The molecule has 0 amide bonds. The molecule has 202 valence electrons. The van der Waals surface area contributed by atoms with E-state index in [1.54, 1.807) is 37.0 Å². The van der Waals surface area contributed by atoms with Crippen LogP contribution in [0, 0.1) is 5.82 Å². The summed E-state index contributed by atoms with van der Waals surface area (Å²) in [5.41, 5.74) is -7.70. The normalized spacial score (nSPS) is 30.9. The molecule has 0 spiro atoms. The fourth-order valence-corrected chi connectivity index (χ4v) is 5.79. The Kier molecular flexibility index (Phi) is 6.93. The van der Waals surface area contributed by atoms with Crippen LogP contribution in [0.2, 0.25) is 0 Å². The molecule has 1 aromatic carbocycles. The first-order valence-corrected chi connectivity index (χ1v) is 12.8. The average molecular weight is 545 g/mol. The maximum absolute atomic E-state index is 15.9. The van der Waals surface area contributed by atoms with Crippen molar-refractivity contribution in [3.8, 4) is 5.75 Å². The summed E-state index contributed by atoms with van der Waals surface area (Å²) in [4.78, 5) is 37.4. The van der Waals surface area contributed by atoms with Gasteiger partial charge in [0.25, 0.3) is 5.56 Å². The fourth-order valence-electron chi connectivity index (χ4n) is 4.08. The van der Waals surface area contributed by atoms with Crippen molar-refractivity contribution < 1.29 is 41.8 Å². The largest absolute Gasteiger partial charge is 0.462 e. The molecule has 2 fully saturated rings. The number of para-hydroxylation sites is 1. The minimum atomic E-state index is -4.49. The van der Waals surface area contributed by atoms with Crippen molar-refractivity contribution in [3.63, 3.8) is 0 Å². The van der Waals surface area contributed by atoms with Crippen molar-refractivity contribution in [1.29, 1.82) is 0 Å². The third-order valence-corrected chi connectivity index (χ3v) is 7.67. The Labute approximate surface area is 209 Å². The number of esters is 1. The van der Waals surface area contributed by atoms with Crippen LogP contribution < -0.4 is 20.9 Å². The smallest absolute Gasteiger partial charge is 0.459 e. The lowest BCUT2D eigenvalue weighted by Gasteiger charge is -2.31. The molecule has 2 heterocycles. The summed E-state index contributed by atoms with van der Waals surface area (Å²) < 4.78 is 65.4. The van der Waals surface area contributed by atoms with Crippen molar-refractivity contribution in [2.24, 2.45) is 0 Å². The van der Waals surface area contributed by atoms with Crippen LogP contribution in [0.1, 0.15) is 33.9 Å². The number of H-pyrrole nitrogens is 1. The quantitative estimate of drug-likeness (QED) is 0.312. The average Bonchev–Trinajstić information content (AvgIpc) is 3.29. The van der Waals surface area contributed by atoms with Crippen molar-refractivity contribution in [2.75, 3.05) is 0 Å². The third-order valence-electron chi connectivity index (χ3n) is 6.01. The van der Waals surface area contributed by atoms with Crippen LogP contribution in [0.5, 0.6) is 5.75 Å². The van der Waals surface area contributed by atoms with Gasteiger partial charge in [-0.3, -0.25) is 23.7 Å². The Morgan fingerprint density at radius 2 is 1.92 bits per heavy atom. The molecule has 12 nitrogen and oxygen atoms in total. The van der Waals surface area contributed by atoms with Crippen LogP contribution in [0.25, 0.3) is 0 Å². The van der Waals surface area contributed by atoms with E-state index in [4.69, 9.17) is 18.5 Å². The molecule has 3 N–H and O–H groups in total. The summed E-state index contributed by atoms with van der Waals surface area (Å²) in [6.45, 7) is 5.48. The summed E-state index contributed by atoms with van der Waals surface area (Å²) in [5.74, 6) is -2.06. The highest BCUT2D eigenvalue weighted by Crippen LogP contribution is 2.66. The SMILES string of the molecule is CC(C)OC(=O)[C@@H](C)NP(=O)(Oc1ccccc1)OC1[C@H]2O[C@@H](n3cc(F)c(=O)[nH]c3=O)[C@](C)(F)[C@@]12O. The van der Waals surface area contributed by atoms with Gasteiger partial charge in [-0.15, -0.1) is 0 Å². The molecular formula is C22H26F2N3O9P. The number of halogens is 2. The molecular weight excluding hydrogens is 519 g/mol. The highest BCUT2D eigenvalue weighted by Gasteiger charge is 2.85. The van der Waals surface area contributed by atoms with Crippen molar-refractivity contribution in [2.45, 2.75) is 69.5 Å². The maximum Gasteiger partial charge on any atom is 0.459 e. The van der Waals surface area contributed by atoms with Crippen molar-refractivity contribution in [1.82, 2.24) is 14.6 Å². The zero-order valence-corrected chi connectivity index (χ0v) is 21.1. The predicted molar refractivity (Wildman–Crippen MR) is 123 cm³/mol. The second kappa shape index (κ2) is 9.44. The van der Waals surface area contributed by atoms with E-state index in [-0.39, 0.29) is 5.75 Å².